The number of carbonyl (C=O) groups is 2. The number of rotatable bonds is 8. The minimum atomic E-state index is -0.649. The number of ether oxygens (including phenoxy) is 1. The summed E-state index contributed by atoms with van der Waals surface area (Å²) in [7, 11) is 0. The smallest absolute Gasteiger partial charge is 0.341 e. The summed E-state index contributed by atoms with van der Waals surface area (Å²) >= 11 is 1.27. The highest BCUT2D eigenvalue weighted by atomic mass is 32.2. The molecule has 0 atom stereocenters. The average molecular weight is 467 g/mol. The van der Waals surface area contributed by atoms with Crippen LogP contribution < -0.4 is 11.0 Å². The molecule has 0 spiro atoms. The first kappa shape index (κ1) is 24.2. The van der Waals surface area contributed by atoms with E-state index in [2.05, 4.69) is 11.6 Å². The highest BCUT2D eigenvalue weighted by Crippen LogP contribution is 2.14. The molecule has 0 bridgehead atoms. The topological polar surface area (TPSA) is 95.0 Å². The minimum absolute atomic E-state index is 0.0595. The van der Waals surface area contributed by atoms with Gasteiger partial charge in [-0.2, -0.15) is 4.99 Å². The van der Waals surface area contributed by atoms with Gasteiger partial charge in [-0.3, -0.25) is 14.0 Å². The Bertz CT molecular complexity index is 1390. The molecule has 3 aromatic rings. The van der Waals surface area contributed by atoms with Gasteiger partial charge in [0.15, 0.2) is 5.49 Å². The third-order valence-electron chi connectivity index (χ3n) is 4.80. The van der Waals surface area contributed by atoms with Crippen LogP contribution in [0.15, 0.2) is 58.3 Å². The monoisotopic (exact) mass is 466 g/mol. The quantitative estimate of drug-likeness (QED) is 0.287. The average Bonchev–Trinajstić information content (AvgIpc) is 2.79. The van der Waals surface area contributed by atoms with E-state index < -0.39 is 11.9 Å². The second kappa shape index (κ2) is 10.9. The van der Waals surface area contributed by atoms with E-state index in [1.54, 1.807) is 41.3 Å². The van der Waals surface area contributed by atoms with Crippen molar-refractivity contribution in [1.29, 1.82) is 0 Å². The van der Waals surface area contributed by atoms with E-state index in [1.807, 2.05) is 19.9 Å². The van der Waals surface area contributed by atoms with Crippen molar-refractivity contribution in [2.75, 3.05) is 12.4 Å². The molecule has 9 heteroatoms. The fourth-order valence-corrected chi connectivity index (χ4v) is 3.91. The Balaban J connectivity index is 2.38. The Labute approximate surface area is 195 Å². The van der Waals surface area contributed by atoms with E-state index in [1.165, 1.54) is 22.2 Å². The van der Waals surface area contributed by atoms with Crippen molar-refractivity contribution >= 4 is 40.3 Å². The van der Waals surface area contributed by atoms with Gasteiger partial charge in [-0.25, -0.2) is 9.78 Å². The van der Waals surface area contributed by atoms with Crippen molar-refractivity contribution in [3.8, 4) is 0 Å². The third-order valence-corrected chi connectivity index (χ3v) is 5.56. The van der Waals surface area contributed by atoms with Crippen molar-refractivity contribution in [2.24, 2.45) is 4.99 Å². The lowest BCUT2D eigenvalue weighted by Crippen LogP contribution is -2.33. The Kier molecular flexibility index (Phi) is 8.00. The second-order valence-electron chi connectivity index (χ2n) is 7.17. The van der Waals surface area contributed by atoms with Gasteiger partial charge in [0, 0.05) is 12.7 Å². The first-order chi connectivity index (χ1) is 15.9. The van der Waals surface area contributed by atoms with Crippen LogP contribution in [0.25, 0.3) is 16.7 Å². The van der Waals surface area contributed by atoms with E-state index in [-0.39, 0.29) is 34.4 Å². The van der Waals surface area contributed by atoms with Gasteiger partial charge >= 0.3 is 5.97 Å². The Morgan fingerprint density at radius 1 is 1.30 bits per heavy atom. The highest BCUT2D eigenvalue weighted by Gasteiger charge is 2.20. The Morgan fingerprint density at radius 2 is 2.09 bits per heavy atom. The molecule has 172 valence electrons. The van der Waals surface area contributed by atoms with Crippen molar-refractivity contribution in [1.82, 2.24) is 14.0 Å². The van der Waals surface area contributed by atoms with E-state index >= 15 is 0 Å². The minimum Gasteiger partial charge on any atom is -0.462 e. The molecular weight excluding hydrogens is 440 g/mol. The number of aryl methyl sites for hydroxylation is 2. The number of nitrogens with zero attached hydrogens (tertiary/aromatic N) is 4. The van der Waals surface area contributed by atoms with E-state index in [0.717, 1.165) is 5.56 Å². The summed E-state index contributed by atoms with van der Waals surface area (Å²) in [5.41, 5.74) is 1.60. The van der Waals surface area contributed by atoms with Crippen LogP contribution in [0.3, 0.4) is 0 Å². The lowest BCUT2D eigenvalue weighted by Gasteiger charge is -2.15. The fraction of sp³-hybridized carbons (Fsp3) is 0.292. The zero-order valence-electron chi connectivity index (χ0n) is 18.9. The molecule has 0 aliphatic heterocycles. The van der Waals surface area contributed by atoms with Crippen molar-refractivity contribution < 1.29 is 14.3 Å². The summed E-state index contributed by atoms with van der Waals surface area (Å²) < 4.78 is 8.33. The largest absolute Gasteiger partial charge is 0.462 e. The number of aromatic nitrogens is 3. The molecule has 33 heavy (non-hydrogen) atoms. The molecular formula is C24H26N4O4S. The number of esters is 1. The third kappa shape index (κ3) is 5.14. The number of pyridine rings is 2. The molecule has 0 fully saturated rings. The molecule has 1 amide bonds. The molecule has 0 saturated heterocycles. The zero-order valence-corrected chi connectivity index (χ0v) is 19.7. The van der Waals surface area contributed by atoms with Gasteiger partial charge in [0.2, 0.25) is 0 Å². The van der Waals surface area contributed by atoms with Gasteiger partial charge in [-0.05, 0) is 43.4 Å². The number of hydrogen-bond acceptors (Lipinski definition) is 6. The number of fused-ring (bicyclic) bond motifs is 2. The maximum Gasteiger partial charge on any atom is 0.341 e. The predicted octanol–water partition coefficient (Wildman–Crippen LogP) is 3.40. The maximum absolute atomic E-state index is 13.3. The first-order valence-electron chi connectivity index (χ1n) is 10.6. The van der Waals surface area contributed by atoms with Crippen molar-refractivity contribution in [3.63, 3.8) is 0 Å². The van der Waals surface area contributed by atoms with E-state index in [4.69, 9.17) is 9.72 Å². The van der Waals surface area contributed by atoms with Crippen LogP contribution in [0.1, 0.15) is 36.2 Å². The Hall–Kier alpha value is -3.46. The summed E-state index contributed by atoms with van der Waals surface area (Å²) in [4.78, 5) is 47.7. The van der Waals surface area contributed by atoms with Crippen LogP contribution in [0.4, 0.5) is 0 Å². The number of carbonyl (C=O) groups excluding carboxylic acids is 2. The van der Waals surface area contributed by atoms with Gasteiger partial charge in [-0.1, -0.05) is 31.7 Å². The summed E-state index contributed by atoms with van der Waals surface area (Å²) in [6.45, 7) is 9.66. The summed E-state index contributed by atoms with van der Waals surface area (Å²) in [6, 6.07) is 5.07. The van der Waals surface area contributed by atoms with Gasteiger partial charge in [-0.15, -0.1) is 11.8 Å². The standard InChI is InChI=1S/C24H26N4O4S/c1-5-8-13-33-15-19(29)25-22-18(24(31)32-7-3)14-17-21(27(22)11-6-2)26-20-16(4)10-9-12-28(20)23(17)30/h5,8-10,12-14H,1,6-7,11,15H2,2-4H3/b13-8-,25-22?. The summed E-state index contributed by atoms with van der Waals surface area (Å²) in [5.74, 6) is -0.982. The van der Waals surface area contributed by atoms with Gasteiger partial charge < -0.3 is 9.30 Å². The molecule has 0 saturated carbocycles. The van der Waals surface area contributed by atoms with Crippen molar-refractivity contribution in [3.05, 3.63) is 75.5 Å². The first-order valence-corrected chi connectivity index (χ1v) is 11.7. The Morgan fingerprint density at radius 3 is 2.79 bits per heavy atom. The molecule has 0 aliphatic rings. The molecule has 0 radical (unpaired) electrons. The number of thioether (sulfide) groups is 1. The van der Waals surface area contributed by atoms with E-state index in [9.17, 15) is 14.4 Å². The maximum atomic E-state index is 13.3. The van der Waals surface area contributed by atoms with E-state index in [0.29, 0.717) is 24.3 Å². The van der Waals surface area contributed by atoms with Crippen LogP contribution in [-0.2, 0) is 16.1 Å². The number of amides is 1. The summed E-state index contributed by atoms with van der Waals surface area (Å²) in [6.07, 6.45) is 5.65. The molecule has 3 aromatic heterocycles. The van der Waals surface area contributed by atoms with Gasteiger partial charge in [0.05, 0.1) is 17.7 Å². The van der Waals surface area contributed by atoms with Crippen LogP contribution in [-0.4, -0.2) is 38.2 Å². The zero-order chi connectivity index (χ0) is 24.0. The molecule has 8 nitrogen and oxygen atoms in total. The molecule has 0 aliphatic carbocycles. The van der Waals surface area contributed by atoms with Crippen LogP contribution in [0, 0.1) is 6.92 Å². The number of hydrogen-bond donors (Lipinski definition) is 0. The van der Waals surface area contributed by atoms with Crippen molar-refractivity contribution in [2.45, 2.75) is 33.7 Å². The molecule has 3 rings (SSSR count). The number of allylic oxidation sites excluding steroid dienone is 2. The lowest BCUT2D eigenvalue weighted by molar-refractivity contribution is -0.115. The summed E-state index contributed by atoms with van der Waals surface area (Å²) in [5, 5.41) is 1.99. The van der Waals surface area contributed by atoms with Crippen LogP contribution in [0.2, 0.25) is 0 Å². The van der Waals surface area contributed by atoms with Gasteiger partial charge in [0.25, 0.3) is 11.5 Å². The highest BCUT2D eigenvalue weighted by molar-refractivity contribution is 8.02. The van der Waals surface area contributed by atoms with Crippen LogP contribution in [0.5, 0.6) is 0 Å². The fourth-order valence-electron chi connectivity index (χ4n) is 3.38. The lowest BCUT2D eigenvalue weighted by atomic mass is 10.2. The predicted molar refractivity (Wildman–Crippen MR) is 130 cm³/mol. The molecule has 0 unspecified atom stereocenters. The molecule has 3 heterocycles. The normalized spacial score (nSPS) is 12.0. The molecule has 0 N–H and O–H groups in total. The van der Waals surface area contributed by atoms with Crippen LogP contribution >= 0.6 is 11.8 Å². The van der Waals surface area contributed by atoms with Gasteiger partial charge in [0.1, 0.15) is 16.9 Å². The SMILES string of the molecule is C=C/C=C\SCC(=O)N=c1c(C(=O)OCC)cc2c(=O)n3cccc(C)c3nc2n1CCC. The second-order valence-corrected chi connectivity index (χ2v) is 8.07. The molecule has 0 aromatic carbocycles.